The fourth-order valence-corrected chi connectivity index (χ4v) is 2.36. The van der Waals surface area contributed by atoms with E-state index in [-0.39, 0.29) is 11.8 Å². The number of aliphatic hydroxyl groups excluding tert-OH is 1. The topological polar surface area (TPSA) is 20.2 Å². The van der Waals surface area contributed by atoms with E-state index >= 15 is 0 Å². The first-order valence-corrected chi connectivity index (χ1v) is 7.02. The average molecular weight is 254 g/mol. The third kappa shape index (κ3) is 3.30. The molecule has 3 atom stereocenters. The zero-order chi connectivity index (χ0) is 12.1. The summed E-state index contributed by atoms with van der Waals surface area (Å²) in [6.45, 7) is 4.03. The lowest BCUT2D eigenvalue weighted by molar-refractivity contribution is 0.123. The summed E-state index contributed by atoms with van der Waals surface area (Å²) in [4.78, 5) is 0. The lowest BCUT2D eigenvalue weighted by Gasteiger charge is -2.25. The van der Waals surface area contributed by atoms with Crippen LogP contribution in [0, 0.1) is 5.92 Å². The number of benzene rings is 1. The van der Waals surface area contributed by atoms with Gasteiger partial charge in [-0.2, -0.15) is 0 Å². The monoisotopic (exact) mass is 254 g/mol. The second-order valence-electron chi connectivity index (χ2n) is 4.00. The van der Waals surface area contributed by atoms with Gasteiger partial charge < -0.3 is 5.11 Å². The fraction of sp³-hybridized carbons (Fsp3) is 0.462. The smallest absolute Gasteiger partial charge is 0.0685 e. The first kappa shape index (κ1) is 13.7. The summed E-state index contributed by atoms with van der Waals surface area (Å²) < 4.78 is 0.871. The van der Waals surface area contributed by atoms with Gasteiger partial charge in [-0.05, 0) is 11.8 Å². The molecule has 0 heterocycles. The van der Waals surface area contributed by atoms with Crippen LogP contribution in [0.2, 0.25) is 0 Å². The van der Waals surface area contributed by atoms with E-state index < -0.39 is 6.10 Å². The van der Waals surface area contributed by atoms with Crippen LogP contribution in [0.5, 0.6) is 0 Å². The third-order valence-corrected chi connectivity index (χ3v) is 4.57. The van der Waals surface area contributed by atoms with E-state index in [1.54, 1.807) is 11.8 Å². The van der Waals surface area contributed by atoms with E-state index in [1.165, 1.54) is 0 Å². The van der Waals surface area contributed by atoms with Crippen molar-refractivity contribution in [1.82, 2.24) is 0 Å². The number of hydrogen-bond acceptors (Lipinski definition) is 3. The quantitative estimate of drug-likeness (QED) is 0.831. The maximum absolute atomic E-state index is 10.2. The number of thiocarbonyl (C=S) groups is 1. The Balaban J connectivity index is 2.74. The van der Waals surface area contributed by atoms with Crippen LogP contribution in [0.15, 0.2) is 30.3 Å². The van der Waals surface area contributed by atoms with E-state index in [4.69, 9.17) is 12.2 Å². The third-order valence-electron chi connectivity index (χ3n) is 2.92. The Morgan fingerprint density at radius 3 is 2.31 bits per heavy atom. The molecule has 0 aliphatic rings. The molecule has 0 radical (unpaired) electrons. The van der Waals surface area contributed by atoms with Gasteiger partial charge in [0.15, 0.2) is 0 Å². The minimum absolute atomic E-state index is 0.0419. The van der Waals surface area contributed by atoms with Crippen LogP contribution in [0.25, 0.3) is 0 Å². The largest absolute Gasteiger partial charge is 0.392 e. The fourth-order valence-electron chi connectivity index (χ4n) is 1.71. The van der Waals surface area contributed by atoms with Crippen molar-refractivity contribution in [2.75, 3.05) is 6.26 Å². The van der Waals surface area contributed by atoms with Crippen molar-refractivity contribution in [2.45, 2.75) is 25.9 Å². The van der Waals surface area contributed by atoms with Gasteiger partial charge >= 0.3 is 0 Å². The molecule has 3 heteroatoms. The molecular formula is C13H18OS2. The van der Waals surface area contributed by atoms with Gasteiger partial charge in [-0.1, -0.05) is 56.4 Å². The van der Waals surface area contributed by atoms with Gasteiger partial charge in [0.05, 0.1) is 10.3 Å². The summed E-state index contributed by atoms with van der Waals surface area (Å²) in [5.41, 5.74) is 1.16. The standard InChI is InChI=1S/C13H18OS2/c1-9(11-7-5-4-6-8-11)12(14)10(2)13(15)16-3/h4-10,12,14H,1-3H3/t9-,10+,12+/m0/s1. The number of rotatable bonds is 4. The lowest BCUT2D eigenvalue weighted by atomic mass is 9.89. The van der Waals surface area contributed by atoms with E-state index in [1.807, 2.05) is 50.4 Å². The predicted octanol–water partition coefficient (Wildman–Crippen LogP) is 3.48. The Morgan fingerprint density at radius 2 is 1.81 bits per heavy atom. The molecule has 0 saturated carbocycles. The maximum atomic E-state index is 10.2. The molecular weight excluding hydrogens is 236 g/mol. The lowest BCUT2D eigenvalue weighted by Crippen LogP contribution is -2.28. The highest BCUT2D eigenvalue weighted by Gasteiger charge is 2.24. The van der Waals surface area contributed by atoms with Gasteiger partial charge in [0.1, 0.15) is 0 Å². The zero-order valence-electron chi connectivity index (χ0n) is 9.88. The van der Waals surface area contributed by atoms with Crippen LogP contribution in [0.3, 0.4) is 0 Å². The molecule has 0 amide bonds. The average Bonchev–Trinajstić information content (AvgIpc) is 2.36. The van der Waals surface area contributed by atoms with Gasteiger partial charge in [-0.3, -0.25) is 0 Å². The molecule has 0 aromatic heterocycles. The molecule has 0 aliphatic heterocycles. The molecule has 0 spiro atoms. The number of hydrogen-bond donors (Lipinski definition) is 1. The van der Waals surface area contributed by atoms with Crippen LogP contribution in [0.4, 0.5) is 0 Å². The second kappa shape index (κ2) is 6.38. The summed E-state index contributed by atoms with van der Waals surface area (Å²) in [6, 6.07) is 10.1. The summed E-state index contributed by atoms with van der Waals surface area (Å²) in [6.07, 6.45) is 1.54. The summed E-state index contributed by atoms with van der Waals surface area (Å²) in [7, 11) is 0. The van der Waals surface area contributed by atoms with Crippen LogP contribution in [-0.4, -0.2) is 21.7 Å². The van der Waals surface area contributed by atoms with Crippen molar-refractivity contribution < 1.29 is 5.11 Å². The second-order valence-corrected chi connectivity index (χ2v) is 5.55. The minimum Gasteiger partial charge on any atom is -0.392 e. The van der Waals surface area contributed by atoms with E-state index in [2.05, 4.69) is 0 Å². The van der Waals surface area contributed by atoms with Crippen LogP contribution in [0.1, 0.15) is 25.3 Å². The molecule has 1 aromatic rings. The Bertz CT molecular complexity index is 337. The van der Waals surface area contributed by atoms with Crippen molar-refractivity contribution >= 4 is 28.2 Å². The summed E-state index contributed by atoms with van der Waals surface area (Å²) in [5, 5.41) is 10.2. The Hall–Kier alpha value is -0.380. The molecule has 0 unspecified atom stereocenters. The van der Waals surface area contributed by atoms with Crippen molar-refractivity contribution in [2.24, 2.45) is 5.92 Å². The zero-order valence-corrected chi connectivity index (χ0v) is 11.5. The highest BCUT2D eigenvalue weighted by atomic mass is 32.2. The number of aliphatic hydroxyl groups is 1. The van der Waals surface area contributed by atoms with Gasteiger partial charge in [0.25, 0.3) is 0 Å². The summed E-state index contributed by atoms with van der Waals surface area (Å²) in [5.74, 6) is 0.154. The van der Waals surface area contributed by atoms with Crippen molar-refractivity contribution in [3.8, 4) is 0 Å². The summed E-state index contributed by atoms with van der Waals surface area (Å²) >= 11 is 6.77. The predicted molar refractivity (Wildman–Crippen MR) is 76.1 cm³/mol. The van der Waals surface area contributed by atoms with Crippen molar-refractivity contribution in [3.05, 3.63) is 35.9 Å². The molecule has 1 aromatic carbocycles. The van der Waals surface area contributed by atoms with Crippen LogP contribution in [-0.2, 0) is 0 Å². The van der Waals surface area contributed by atoms with Crippen molar-refractivity contribution in [3.63, 3.8) is 0 Å². The van der Waals surface area contributed by atoms with E-state index in [0.717, 1.165) is 9.76 Å². The van der Waals surface area contributed by atoms with Crippen LogP contribution >= 0.6 is 24.0 Å². The van der Waals surface area contributed by atoms with E-state index in [9.17, 15) is 5.11 Å². The first-order valence-electron chi connectivity index (χ1n) is 5.38. The van der Waals surface area contributed by atoms with Crippen molar-refractivity contribution in [1.29, 1.82) is 0 Å². The Labute approximate surface area is 107 Å². The SMILES string of the molecule is CSC(=S)[C@H](C)[C@H](O)[C@@H](C)c1ccccc1. The molecule has 1 rings (SSSR count). The molecule has 0 aliphatic carbocycles. The molecule has 16 heavy (non-hydrogen) atoms. The van der Waals surface area contributed by atoms with Gasteiger partial charge in [0, 0.05) is 11.8 Å². The molecule has 0 bridgehead atoms. The van der Waals surface area contributed by atoms with Crippen LogP contribution < -0.4 is 0 Å². The van der Waals surface area contributed by atoms with Gasteiger partial charge in [-0.25, -0.2) is 0 Å². The van der Waals surface area contributed by atoms with Gasteiger partial charge in [0.2, 0.25) is 0 Å². The van der Waals surface area contributed by atoms with Gasteiger partial charge in [-0.15, -0.1) is 11.8 Å². The molecule has 1 N–H and O–H groups in total. The number of thioether (sulfide) groups is 1. The molecule has 0 fully saturated rings. The normalized spacial score (nSPS) is 16.5. The minimum atomic E-state index is -0.414. The maximum Gasteiger partial charge on any atom is 0.0685 e. The molecule has 1 nitrogen and oxygen atoms in total. The Morgan fingerprint density at radius 1 is 1.25 bits per heavy atom. The highest BCUT2D eigenvalue weighted by Crippen LogP contribution is 2.26. The molecule has 0 saturated heterocycles. The highest BCUT2D eigenvalue weighted by molar-refractivity contribution is 8.22. The first-order chi connectivity index (χ1) is 7.57. The Kier molecular flexibility index (Phi) is 5.46. The molecule has 88 valence electrons. The van der Waals surface area contributed by atoms with E-state index in [0.29, 0.717) is 0 Å².